The standard InChI is InChI=1S/C15H12FN3O6S/c1-8-15(20)17-11-7-10(3-4-13(11)25-8)18-26(23,24)14-5-2-9(16)6-12(14)19(21)22/h2-8,18H,1H3,(H,17,20)/t8-/m1/s1. The molecule has 0 aliphatic carbocycles. The molecular formula is C15H12FN3O6S. The van der Waals surface area contributed by atoms with Crippen molar-refractivity contribution >= 4 is 33.0 Å². The Morgan fingerprint density at radius 1 is 1.27 bits per heavy atom. The van der Waals surface area contributed by atoms with Crippen molar-refractivity contribution in [3.63, 3.8) is 0 Å². The second-order valence-corrected chi connectivity index (χ2v) is 7.09. The van der Waals surface area contributed by atoms with Gasteiger partial charge in [-0.2, -0.15) is 0 Å². The van der Waals surface area contributed by atoms with Gasteiger partial charge in [-0.25, -0.2) is 12.8 Å². The average Bonchev–Trinajstić information content (AvgIpc) is 2.55. The summed E-state index contributed by atoms with van der Waals surface area (Å²) in [7, 11) is -4.37. The highest BCUT2D eigenvalue weighted by atomic mass is 32.2. The maximum Gasteiger partial charge on any atom is 0.292 e. The number of amides is 1. The summed E-state index contributed by atoms with van der Waals surface area (Å²) in [6.45, 7) is 1.56. The van der Waals surface area contributed by atoms with Gasteiger partial charge < -0.3 is 10.1 Å². The third kappa shape index (κ3) is 3.28. The topological polar surface area (TPSA) is 128 Å². The van der Waals surface area contributed by atoms with Gasteiger partial charge in [-0.15, -0.1) is 0 Å². The molecule has 0 unspecified atom stereocenters. The molecule has 3 rings (SSSR count). The fourth-order valence-electron chi connectivity index (χ4n) is 2.34. The minimum Gasteiger partial charge on any atom is -0.479 e. The van der Waals surface area contributed by atoms with Gasteiger partial charge in [0.05, 0.1) is 22.4 Å². The van der Waals surface area contributed by atoms with Crippen LogP contribution in [0.2, 0.25) is 0 Å². The lowest BCUT2D eigenvalue weighted by atomic mass is 10.2. The molecule has 1 heterocycles. The lowest BCUT2D eigenvalue weighted by Gasteiger charge is -2.23. The molecule has 26 heavy (non-hydrogen) atoms. The van der Waals surface area contributed by atoms with Gasteiger partial charge >= 0.3 is 0 Å². The zero-order valence-corrected chi connectivity index (χ0v) is 14.0. The highest BCUT2D eigenvalue weighted by Crippen LogP contribution is 2.33. The quantitative estimate of drug-likeness (QED) is 0.618. The molecule has 11 heteroatoms. The fourth-order valence-corrected chi connectivity index (χ4v) is 3.55. The molecule has 0 radical (unpaired) electrons. The molecule has 1 aliphatic rings. The number of carbonyl (C=O) groups excluding carboxylic acids is 1. The van der Waals surface area contributed by atoms with Gasteiger partial charge in [-0.05, 0) is 37.3 Å². The molecule has 2 N–H and O–H groups in total. The summed E-state index contributed by atoms with van der Waals surface area (Å²) in [4.78, 5) is 21.0. The number of anilines is 2. The highest BCUT2D eigenvalue weighted by molar-refractivity contribution is 7.92. The SMILES string of the molecule is C[C@H]1Oc2ccc(NS(=O)(=O)c3ccc(F)cc3[N+](=O)[O-])cc2NC1=O. The zero-order chi connectivity index (χ0) is 19.1. The van der Waals surface area contributed by atoms with Crippen molar-refractivity contribution in [3.05, 3.63) is 52.3 Å². The van der Waals surface area contributed by atoms with E-state index in [9.17, 15) is 27.7 Å². The van der Waals surface area contributed by atoms with Crippen LogP contribution in [0.4, 0.5) is 21.5 Å². The minimum absolute atomic E-state index is 0.0424. The number of sulfonamides is 1. The number of halogens is 1. The van der Waals surface area contributed by atoms with Crippen LogP contribution in [0.25, 0.3) is 0 Å². The predicted octanol–water partition coefficient (Wildman–Crippen LogP) is 2.25. The first kappa shape index (κ1) is 17.6. The van der Waals surface area contributed by atoms with Gasteiger partial charge in [0.25, 0.3) is 21.6 Å². The Hall–Kier alpha value is -3.21. The Bertz CT molecular complexity index is 1020. The lowest BCUT2D eigenvalue weighted by molar-refractivity contribution is -0.388. The molecule has 0 saturated heterocycles. The Morgan fingerprint density at radius 3 is 2.69 bits per heavy atom. The Labute approximate surface area is 147 Å². The predicted molar refractivity (Wildman–Crippen MR) is 89.0 cm³/mol. The molecule has 1 atom stereocenters. The lowest BCUT2D eigenvalue weighted by Crippen LogP contribution is -2.34. The average molecular weight is 381 g/mol. The largest absolute Gasteiger partial charge is 0.479 e. The van der Waals surface area contributed by atoms with E-state index < -0.39 is 43.4 Å². The van der Waals surface area contributed by atoms with Crippen LogP contribution >= 0.6 is 0 Å². The molecule has 136 valence electrons. The van der Waals surface area contributed by atoms with E-state index in [2.05, 4.69) is 10.0 Å². The van der Waals surface area contributed by atoms with Gasteiger partial charge in [-0.3, -0.25) is 19.6 Å². The third-order valence-electron chi connectivity index (χ3n) is 3.57. The number of ether oxygens (including phenoxy) is 1. The maximum atomic E-state index is 13.2. The van der Waals surface area contributed by atoms with Crippen molar-refractivity contribution in [2.24, 2.45) is 0 Å². The van der Waals surface area contributed by atoms with Crippen LogP contribution in [0.3, 0.4) is 0 Å². The molecular weight excluding hydrogens is 369 g/mol. The van der Waals surface area contributed by atoms with E-state index in [0.717, 1.165) is 12.1 Å². The van der Waals surface area contributed by atoms with Crippen LogP contribution in [0.15, 0.2) is 41.3 Å². The minimum atomic E-state index is -4.37. The first-order chi connectivity index (χ1) is 12.2. The first-order valence-electron chi connectivity index (χ1n) is 7.26. The molecule has 0 fully saturated rings. The molecule has 0 aromatic heterocycles. The van der Waals surface area contributed by atoms with Crippen LogP contribution in [0.5, 0.6) is 5.75 Å². The van der Waals surface area contributed by atoms with Crippen molar-refractivity contribution in [3.8, 4) is 5.75 Å². The molecule has 0 saturated carbocycles. The summed E-state index contributed by atoms with van der Waals surface area (Å²) in [5, 5.41) is 13.6. The summed E-state index contributed by atoms with van der Waals surface area (Å²) in [5.74, 6) is -0.974. The second-order valence-electron chi connectivity index (χ2n) is 5.43. The Balaban J connectivity index is 1.95. The zero-order valence-electron chi connectivity index (χ0n) is 13.2. The summed E-state index contributed by atoms with van der Waals surface area (Å²) in [5.41, 5.74) is -0.594. The molecule has 0 spiro atoms. The van der Waals surface area contributed by atoms with E-state index in [4.69, 9.17) is 4.74 Å². The van der Waals surface area contributed by atoms with E-state index in [-0.39, 0.29) is 11.4 Å². The Kier molecular flexibility index (Phi) is 4.24. The number of nitro benzene ring substituents is 1. The summed E-state index contributed by atoms with van der Waals surface area (Å²) >= 11 is 0. The van der Waals surface area contributed by atoms with Gasteiger partial charge in [0, 0.05) is 0 Å². The molecule has 1 aliphatic heterocycles. The van der Waals surface area contributed by atoms with Crippen molar-refractivity contribution in [2.45, 2.75) is 17.9 Å². The van der Waals surface area contributed by atoms with Crippen molar-refractivity contribution < 1.29 is 27.3 Å². The third-order valence-corrected chi connectivity index (χ3v) is 5.00. The Morgan fingerprint density at radius 2 is 2.00 bits per heavy atom. The number of rotatable bonds is 4. The number of hydrogen-bond donors (Lipinski definition) is 2. The summed E-state index contributed by atoms with van der Waals surface area (Å²) in [6.07, 6.45) is -0.688. The summed E-state index contributed by atoms with van der Waals surface area (Å²) in [6, 6.07) is 6.27. The van der Waals surface area contributed by atoms with Crippen LogP contribution in [0.1, 0.15) is 6.92 Å². The fraction of sp³-hybridized carbons (Fsp3) is 0.133. The van der Waals surface area contributed by atoms with Gasteiger partial charge in [0.15, 0.2) is 11.0 Å². The molecule has 2 aromatic rings. The molecule has 9 nitrogen and oxygen atoms in total. The molecule has 1 amide bonds. The van der Waals surface area contributed by atoms with E-state index in [1.54, 1.807) is 6.92 Å². The van der Waals surface area contributed by atoms with Gasteiger partial charge in [-0.1, -0.05) is 0 Å². The van der Waals surface area contributed by atoms with E-state index >= 15 is 0 Å². The van der Waals surface area contributed by atoms with E-state index in [1.807, 2.05) is 0 Å². The first-order valence-corrected chi connectivity index (χ1v) is 8.74. The summed E-state index contributed by atoms with van der Waals surface area (Å²) < 4.78 is 45.7. The number of nitrogens with zero attached hydrogens (tertiary/aromatic N) is 1. The van der Waals surface area contributed by atoms with E-state index in [1.165, 1.54) is 18.2 Å². The number of nitro groups is 1. The number of fused-ring (bicyclic) bond motifs is 1. The second kappa shape index (κ2) is 6.26. The van der Waals surface area contributed by atoms with Crippen molar-refractivity contribution in [1.82, 2.24) is 0 Å². The maximum absolute atomic E-state index is 13.2. The number of hydrogen-bond acceptors (Lipinski definition) is 6. The number of benzene rings is 2. The smallest absolute Gasteiger partial charge is 0.292 e. The van der Waals surface area contributed by atoms with Crippen molar-refractivity contribution in [1.29, 1.82) is 0 Å². The van der Waals surface area contributed by atoms with Crippen LogP contribution in [-0.4, -0.2) is 25.4 Å². The molecule has 2 aromatic carbocycles. The van der Waals surface area contributed by atoms with Gasteiger partial charge in [0.2, 0.25) is 0 Å². The van der Waals surface area contributed by atoms with Crippen LogP contribution in [-0.2, 0) is 14.8 Å². The monoisotopic (exact) mass is 381 g/mol. The normalized spacial score (nSPS) is 16.2. The number of nitrogens with one attached hydrogen (secondary N) is 2. The highest BCUT2D eigenvalue weighted by Gasteiger charge is 2.28. The van der Waals surface area contributed by atoms with Gasteiger partial charge in [0.1, 0.15) is 11.6 Å². The van der Waals surface area contributed by atoms with Crippen LogP contribution < -0.4 is 14.8 Å². The molecule has 0 bridgehead atoms. The van der Waals surface area contributed by atoms with E-state index in [0.29, 0.717) is 11.8 Å². The van der Waals surface area contributed by atoms with Crippen molar-refractivity contribution in [2.75, 3.05) is 10.0 Å². The van der Waals surface area contributed by atoms with Crippen LogP contribution in [0, 0.1) is 15.9 Å². The number of carbonyl (C=O) groups is 1.